The number of halogens is 1. The molecule has 1 aromatic carbocycles. The number of guanidine groups is 1. The molecule has 3 N–H and O–H groups in total. The van der Waals surface area contributed by atoms with Gasteiger partial charge in [0, 0.05) is 18.1 Å². The van der Waals surface area contributed by atoms with Crippen molar-refractivity contribution in [3.63, 3.8) is 0 Å². The second kappa shape index (κ2) is 7.44. The van der Waals surface area contributed by atoms with Gasteiger partial charge in [0.15, 0.2) is 5.96 Å². The number of nitrogens with one attached hydrogen (secondary N) is 1. The summed E-state index contributed by atoms with van der Waals surface area (Å²) in [6.07, 6.45) is 7.30. The van der Waals surface area contributed by atoms with Crippen LogP contribution in [0.15, 0.2) is 41.7 Å². The van der Waals surface area contributed by atoms with Crippen molar-refractivity contribution in [2.24, 2.45) is 10.7 Å². The van der Waals surface area contributed by atoms with E-state index in [4.69, 9.17) is 5.73 Å². The van der Waals surface area contributed by atoms with Crippen molar-refractivity contribution in [3.8, 4) is 0 Å². The fraction of sp³-hybridized carbons (Fsp3) is 0.333. The molecule has 1 heterocycles. The summed E-state index contributed by atoms with van der Waals surface area (Å²) in [6.45, 7) is 1.35. The standard InChI is InChI=1S/C15H19N5.HI/c16-15(17-8-10-20-9-2-7-18-20)19-14-6-5-12-3-1-4-13(12)11-14;/h2,5-7,9,11H,1,3-4,8,10H2,(H3,16,17,19);1H. The summed E-state index contributed by atoms with van der Waals surface area (Å²) in [5, 5.41) is 7.27. The minimum Gasteiger partial charge on any atom is -0.370 e. The molecule has 112 valence electrons. The first-order valence-electron chi connectivity index (χ1n) is 6.97. The number of aromatic nitrogens is 2. The molecule has 0 saturated heterocycles. The summed E-state index contributed by atoms with van der Waals surface area (Å²) >= 11 is 0. The van der Waals surface area contributed by atoms with Gasteiger partial charge in [-0.05, 0) is 48.6 Å². The van der Waals surface area contributed by atoms with Gasteiger partial charge in [0.05, 0.1) is 13.1 Å². The van der Waals surface area contributed by atoms with Crippen molar-refractivity contribution in [3.05, 3.63) is 47.8 Å². The van der Waals surface area contributed by atoms with Crippen LogP contribution in [0.5, 0.6) is 0 Å². The second-order valence-corrected chi connectivity index (χ2v) is 5.00. The van der Waals surface area contributed by atoms with Crippen molar-refractivity contribution < 1.29 is 0 Å². The average molecular weight is 397 g/mol. The zero-order valence-electron chi connectivity index (χ0n) is 11.8. The Balaban J connectivity index is 0.00000161. The van der Waals surface area contributed by atoms with Crippen LogP contribution in [0.3, 0.4) is 0 Å². The number of anilines is 1. The van der Waals surface area contributed by atoms with E-state index in [2.05, 4.69) is 33.6 Å². The van der Waals surface area contributed by atoms with Crippen LogP contribution in [-0.4, -0.2) is 22.3 Å². The maximum absolute atomic E-state index is 5.90. The number of hydrogen-bond donors (Lipinski definition) is 2. The SMILES string of the molecule is I.NC(=NCCn1cccn1)Nc1ccc2c(c1)CCC2. The summed E-state index contributed by atoms with van der Waals surface area (Å²) in [4.78, 5) is 4.31. The van der Waals surface area contributed by atoms with Crippen molar-refractivity contribution >= 4 is 35.6 Å². The first-order valence-corrected chi connectivity index (χ1v) is 6.97. The predicted molar refractivity (Wildman–Crippen MR) is 96.2 cm³/mol. The third-order valence-electron chi connectivity index (χ3n) is 3.54. The van der Waals surface area contributed by atoms with Gasteiger partial charge in [0.1, 0.15) is 0 Å². The molecule has 5 nitrogen and oxygen atoms in total. The molecule has 0 fully saturated rings. The molecule has 0 spiro atoms. The van der Waals surface area contributed by atoms with Gasteiger partial charge in [-0.1, -0.05) is 6.07 Å². The molecule has 3 rings (SSSR count). The van der Waals surface area contributed by atoms with E-state index in [-0.39, 0.29) is 24.0 Å². The highest BCUT2D eigenvalue weighted by atomic mass is 127. The first kappa shape index (κ1) is 15.8. The van der Waals surface area contributed by atoms with Crippen LogP contribution in [0, 0.1) is 0 Å². The number of rotatable bonds is 4. The summed E-state index contributed by atoms with van der Waals surface area (Å²) < 4.78 is 1.84. The molecule has 0 bridgehead atoms. The van der Waals surface area contributed by atoms with Crippen LogP contribution >= 0.6 is 24.0 Å². The average Bonchev–Trinajstić information content (AvgIpc) is 3.08. The Morgan fingerprint density at radius 1 is 1.33 bits per heavy atom. The van der Waals surface area contributed by atoms with Crippen LogP contribution in [0.25, 0.3) is 0 Å². The number of nitrogens with zero attached hydrogens (tertiary/aromatic N) is 3. The van der Waals surface area contributed by atoms with Gasteiger partial charge in [-0.2, -0.15) is 5.10 Å². The first-order chi connectivity index (χ1) is 9.81. The molecule has 1 aliphatic rings. The molecule has 1 aromatic heterocycles. The lowest BCUT2D eigenvalue weighted by molar-refractivity contribution is 0.625. The van der Waals surface area contributed by atoms with Gasteiger partial charge in [-0.25, -0.2) is 0 Å². The minimum atomic E-state index is 0. The van der Waals surface area contributed by atoms with Gasteiger partial charge in [0.25, 0.3) is 0 Å². The molecule has 0 unspecified atom stereocenters. The second-order valence-electron chi connectivity index (χ2n) is 5.00. The van der Waals surface area contributed by atoms with E-state index >= 15 is 0 Å². The van der Waals surface area contributed by atoms with Crippen LogP contribution in [0.2, 0.25) is 0 Å². The Morgan fingerprint density at radius 2 is 2.19 bits per heavy atom. The van der Waals surface area contributed by atoms with Gasteiger partial charge >= 0.3 is 0 Å². The lowest BCUT2D eigenvalue weighted by atomic mass is 10.1. The van der Waals surface area contributed by atoms with E-state index in [9.17, 15) is 0 Å². The van der Waals surface area contributed by atoms with E-state index in [0.29, 0.717) is 12.5 Å². The van der Waals surface area contributed by atoms with Gasteiger partial charge in [-0.15, -0.1) is 24.0 Å². The summed E-state index contributed by atoms with van der Waals surface area (Å²) in [7, 11) is 0. The molecular formula is C15H20IN5. The number of fused-ring (bicyclic) bond motifs is 1. The molecule has 2 aromatic rings. The third-order valence-corrected chi connectivity index (χ3v) is 3.54. The minimum absolute atomic E-state index is 0. The molecule has 0 radical (unpaired) electrons. The Morgan fingerprint density at radius 3 is 3.00 bits per heavy atom. The van der Waals surface area contributed by atoms with Crippen molar-refractivity contribution in [2.45, 2.75) is 25.8 Å². The fourth-order valence-corrected chi connectivity index (χ4v) is 2.54. The van der Waals surface area contributed by atoms with Crippen LogP contribution in [0.4, 0.5) is 5.69 Å². The zero-order valence-corrected chi connectivity index (χ0v) is 14.2. The van der Waals surface area contributed by atoms with Gasteiger partial charge < -0.3 is 11.1 Å². The van der Waals surface area contributed by atoms with E-state index in [0.717, 1.165) is 12.2 Å². The zero-order chi connectivity index (χ0) is 13.8. The summed E-state index contributed by atoms with van der Waals surface area (Å²) in [5.74, 6) is 0.454. The highest BCUT2D eigenvalue weighted by Crippen LogP contribution is 2.24. The monoisotopic (exact) mass is 397 g/mol. The lowest BCUT2D eigenvalue weighted by Crippen LogP contribution is -2.23. The molecule has 1 aliphatic carbocycles. The smallest absolute Gasteiger partial charge is 0.193 e. The number of hydrogen-bond acceptors (Lipinski definition) is 2. The molecule has 0 saturated carbocycles. The van der Waals surface area contributed by atoms with E-state index in [1.807, 2.05) is 16.9 Å². The molecule has 21 heavy (non-hydrogen) atoms. The Bertz CT molecular complexity index is 607. The largest absolute Gasteiger partial charge is 0.370 e. The Kier molecular flexibility index (Phi) is 5.60. The van der Waals surface area contributed by atoms with Crippen LogP contribution in [0.1, 0.15) is 17.5 Å². The van der Waals surface area contributed by atoms with Crippen molar-refractivity contribution in [2.75, 3.05) is 11.9 Å². The number of aryl methyl sites for hydroxylation is 2. The molecule has 0 amide bonds. The molecule has 0 aliphatic heterocycles. The van der Waals surface area contributed by atoms with Crippen LogP contribution in [-0.2, 0) is 19.4 Å². The predicted octanol–water partition coefficient (Wildman–Crippen LogP) is 2.42. The highest BCUT2D eigenvalue weighted by molar-refractivity contribution is 14.0. The summed E-state index contributed by atoms with van der Waals surface area (Å²) in [6, 6.07) is 8.33. The van der Waals surface area contributed by atoms with E-state index < -0.39 is 0 Å². The van der Waals surface area contributed by atoms with Gasteiger partial charge in [0.2, 0.25) is 0 Å². The maximum Gasteiger partial charge on any atom is 0.193 e. The maximum atomic E-state index is 5.90. The molecule has 0 atom stereocenters. The number of nitrogens with two attached hydrogens (primary N) is 1. The molecular weight excluding hydrogens is 377 g/mol. The number of benzene rings is 1. The summed E-state index contributed by atoms with van der Waals surface area (Å²) in [5.41, 5.74) is 9.81. The van der Waals surface area contributed by atoms with E-state index in [1.165, 1.54) is 30.4 Å². The fourth-order valence-electron chi connectivity index (χ4n) is 2.54. The van der Waals surface area contributed by atoms with Crippen molar-refractivity contribution in [1.82, 2.24) is 9.78 Å². The topological polar surface area (TPSA) is 68.2 Å². The van der Waals surface area contributed by atoms with Crippen molar-refractivity contribution in [1.29, 1.82) is 0 Å². The van der Waals surface area contributed by atoms with Gasteiger partial charge in [-0.3, -0.25) is 9.67 Å². The van der Waals surface area contributed by atoms with E-state index in [1.54, 1.807) is 6.20 Å². The number of aliphatic imine (C=N–C) groups is 1. The quantitative estimate of drug-likeness (QED) is 0.473. The highest BCUT2D eigenvalue weighted by Gasteiger charge is 2.10. The molecule has 6 heteroatoms. The Hall–Kier alpha value is -1.57. The normalized spacial score (nSPS) is 13.6. The van der Waals surface area contributed by atoms with Crippen LogP contribution < -0.4 is 11.1 Å². The lowest BCUT2D eigenvalue weighted by Gasteiger charge is -2.08. The Labute approximate surface area is 141 Å². The third kappa shape index (κ3) is 4.20.